The molecule has 0 aliphatic heterocycles. The van der Waals surface area contributed by atoms with E-state index in [4.69, 9.17) is 9.47 Å². The monoisotopic (exact) mass is 547 g/mol. The highest BCUT2D eigenvalue weighted by molar-refractivity contribution is 6.76. The highest BCUT2D eigenvalue weighted by Crippen LogP contribution is 2.32. The number of nitrogens with zero attached hydrogens (tertiary/aromatic N) is 3. The largest absolute Gasteiger partial charge is 0.444 e. The molecule has 2 aromatic heterocycles. The van der Waals surface area contributed by atoms with Crippen LogP contribution >= 0.6 is 0 Å². The van der Waals surface area contributed by atoms with Crippen LogP contribution in [0.5, 0.6) is 0 Å². The van der Waals surface area contributed by atoms with Crippen molar-refractivity contribution in [3.8, 4) is 0 Å². The lowest BCUT2D eigenvalue weighted by atomic mass is 9.85. The molecule has 0 bridgehead atoms. The first-order valence-electron chi connectivity index (χ1n) is 14.0. The van der Waals surface area contributed by atoms with Crippen molar-refractivity contribution in [1.29, 1.82) is 0 Å². The summed E-state index contributed by atoms with van der Waals surface area (Å²) in [6, 6.07) is 17.9. The highest BCUT2D eigenvalue weighted by atomic mass is 28.3. The van der Waals surface area contributed by atoms with Gasteiger partial charge in [0.25, 0.3) is 5.56 Å². The van der Waals surface area contributed by atoms with Gasteiger partial charge in [0.1, 0.15) is 13.3 Å². The minimum absolute atomic E-state index is 0.145. The van der Waals surface area contributed by atoms with Gasteiger partial charge in [0.2, 0.25) is 0 Å². The Morgan fingerprint density at radius 3 is 2.49 bits per heavy atom. The van der Waals surface area contributed by atoms with Crippen LogP contribution < -0.4 is 10.5 Å². The minimum atomic E-state index is -1.21. The van der Waals surface area contributed by atoms with Crippen LogP contribution in [-0.2, 0) is 29.4 Å². The van der Waals surface area contributed by atoms with E-state index in [0.717, 1.165) is 17.3 Å². The van der Waals surface area contributed by atoms with Gasteiger partial charge in [-0.05, 0) is 48.1 Å². The maximum atomic E-state index is 13.3. The predicted molar refractivity (Wildman–Crippen MR) is 158 cm³/mol. The van der Waals surface area contributed by atoms with E-state index in [0.29, 0.717) is 18.2 Å². The molecule has 0 spiro atoms. The van der Waals surface area contributed by atoms with Crippen molar-refractivity contribution in [1.82, 2.24) is 9.55 Å². The number of hydrogen-bond donors (Lipinski definition) is 0. The van der Waals surface area contributed by atoms with Crippen LogP contribution in [-0.4, -0.2) is 30.3 Å². The van der Waals surface area contributed by atoms with Gasteiger partial charge < -0.3 is 9.47 Å². The van der Waals surface area contributed by atoms with E-state index in [1.807, 2.05) is 42.6 Å². The zero-order chi connectivity index (χ0) is 27.7. The van der Waals surface area contributed by atoms with E-state index in [2.05, 4.69) is 30.7 Å². The predicted octanol–water partition coefficient (Wildman–Crippen LogP) is 6.95. The van der Waals surface area contributed by atoms with E-state index in [9.17, 15) is 9.59 Å². The van der Waals surface area contributed by atoms with E-state index in [-0.39, 0.29) is 25.4 Å². The normalized spacial score (nSPS) is 14.2. The Kier molecular flexibility index (Phi) is 10.1. The number of carbonyl (C=O) groups is 1. The lowest BCUT2D eigenvalue weighted by Crippen LogP contribution is -2.33. The maximum Gasteiger partial charge on any atom is 0.414 e. The summed E-state index contributed by atoms with van der Waals surface area (Å²) in [6.45, 7) is 8.04. The number of carbonyl (C=O) groups excluding carboxylic acids is 1. The van der Waals surface area contributed by atoms with Gasteiger partial charge in [-0.3, -0.25) is 19.2 Å². The topological polar surface area (TPSA) is 73.7 Å². The summed E-state index contributed by atoms with van der Waals surface area (Å²) in [7, 11) is -1.21. The summed E-state index contributed by atoms with van der Waals surface area (Å²) in [4.78, 5) is 32.3. The van der Waals surface area contributed by atoms with Gasteiger partial charge >= 0.3 is 6.09 Å². The van der Waals surface area contributed by atoms with Crippen LogP contribution in [0, 0.1) is 0 Å². The summed E-state index contributed by atoms with van der Waals surface area (Å²) >= 11 is 0. The third-order valence-corrected chi connectivity index (χ3v) is 8.89. The van der Waals surface area contributed by atoms with Crippen molar-refractivity contribution >= 4 is 19.9 Å². The van der Waals surface area contributed by atoms with Gasteiger partial charge in [0.05, 0.1) is 17.9 Å². The SMILES string of the molecule is C[Si](C)(C)CCOCn1ccc(N(Cc2ccc(C3CCCCC3)cn2)C(=O)OCc2ccccc2)cc1=O. The molecule has 0 unspecified atom stereocenters. The summed E-state index contributed by atoms with van der Waals surface area (Å²) in [5.41, 5.74) is 3.13. The summed E-state index contributed by atoms with van der Waals surface area (Å²) in [5.74, 6) is 0.563. The molecule has 1 fully saturated rings. The Hall–Kier alpha value is -3.23. The van der Waals surface area contributed by atoms with Gasteiger partial charge in [-0.2, -0.15) is 0 Å². The first kappa shape index (κ1) is 28.8. The van der Waals surface area contributed by atoms with Gasteiger partial charge in [0, 0.05) is 33.1 Å². The second-order valence-electron chi connectivity index (χ2n) is 11.6. The third kappa shape index (κ3) is 8.90. The molecule has 3 aromatic rings. The van der Waals surface area contributed by atoms with Crippen molar-refractivity contribution in [2.75, 3.05) is 11.5 Å². The van der Waals surface area contributed by atoms with E-state index < -0.39 is 14.2 Å². The van der Waals surface area contributed by atoms with Crippen molar-refractivity contribution in [2.24, 2.45) is 0 Å². The molecule has 0 saturated heterocycles. The third-order valence-electron chi connectivity index (χ3n) is 7.19. The van der Waals surface area contributed by atoms with Crippen LogP contribution in [0.15, 0.2) is 71.8 Å². The molecule has 0 radical (unpaired) electrons. The average Bonchev–Trinajstić information content (AvgIpc) is 2.94. The molecular weight excluding hydrogens is 506 g/mol. The highest BCUT2D eigenvalue weighted by Gasteiger charge is 2.21. The zero-order valence-corrected chi connectivity index (χ0v) is 24.5. The Morgan fingerprint density at radius 1 is 1.05 bits per heavy atom. The Balaban J connectivity index is 1.48. The van der Waals surface area contributed by atoms with Crippen LogP contribution in [0.3, 0.4) is 0 Å². The molecule has 0 atom stereocenters. The van der Waals surface area contributed by atoms with Gasteiger partial charge in [-0.1, -0.05) is 75.3 Å². The first-order valence-corrected chi connectivity index (χ1v) is 17.7. The molecule has 4 rings (SSSR count). The van der Waals surface area contributed by atoms with E-state index >= 15 is 0 Å². The number of amides is 1. The number of pyridine rings is 2. The molecule has 1 aromatic carbocycles. The van der Waals surface area contributed by atoms with Crippen molar-refractivity contribution in [2.45, 2.75) is 83.6 Å². The maximum absolute atomic E-state index is 13.3. The molecule has 0 N–H and O–H groups in total. The van der Waals surface area contributed by atoms with Crippen LogP contribution in [0.1, 0.15) is 54.8 Å². The molecule has 7 nitrogen and oxygen atoms in total. The fraction of sp³-hybridized carbons (Fsp3) is 0.452. The summed E-state index contributed by atoms with van der Waals surface area (Å²) in [6.07, 6.45) is 9.34. The summed E-state index contributed by atoms with van der Waals surface area (Å²) < 4.78 is 12.9. The summed E-state index contributed by atoms with van der Waals surface area (Å²) in [5, 5.41) is 0. The zero-order valence-electron chi connectivity index (χ0n) is 23.5. The number of benzene rings is 1. The average molecular weight is 548 g/mol. The van der Waals surface area contributed by atoms with Crippen molar-refractivity contribution in [3.63, 3.8) is 0 Å². The molecule has 1 amide bonds. The van der Waals surface area contributed by atoms with Crippen LogP contribution in [0.2, 0.25) is 25.7 Å². The fourth-order valence-corrected chi connectivity index (χ4v) is 5.50. The molecule has 1 aliphatic carbocycles. The number of ether oxygens (including phenoxy) is 2. The van der Waals surface area contributed by atoms with Gasteiger partial charge in [0.15, 0.2) is 0 Å². The Morgan fingerprint density at radius 2 is 1.82 bits per heavy atom. The number of anilines is 1. The molecule has 1 saturated carbocycles. The minimum Gasteiger partial charge on any atom is -0.444 e. The molecule has 8 heteroatoms. The molecule has 39 heavy (non-hydrogen) atoms. The molecular formula is C31H41N3O4Si. The lowest BCUT2D eigenvalue weighted by molar-refractivity contribution is 0.0848. The fourth-order valence-electron chi connectivity index (χ4n) is 4.74. The number of aromatic nitrogens is 2. The lowest BCUT2D eigenvalue weighted by Gasteiger charge is -2.24. The van der Waals surface area contributed by atoms with E-state index in [1.165, 1.54) is 53.2 Å². The molecule has 1 aliphatic rings. The van der Waals surface area contributed by atoms with Gasteiger partial charge in [-0.25, -0.2) is 4.79 Å². The van der Waals surface area contributed by atoms with Crippen molar-refractivity contribution in [3.05, 3.63) is 94.2 Å². The standard InChI is InChI=1S/C31H41N3O4Si/c1-39(2,3)19-18-37-24-33-17-16-29(20-30(33)35)34(31(36)38-23-25-10-6-4-7-11-25)22-28-15-14-27(21-32-28)26-12-8-5-9-13-26/h4,6-7,10-11,14-17,20-21,26H,5,8-9,12-13,18-19,22-24H2,1-3H3. The van der Waals surface area contributed by atoms with Crippen LogP contribution in [0.4, 0.5) is 10.5 Å². The van der Waals surface area contributed by atoms with Crippen LogP contribution in [0.25, 0.3) is 0 Å². The smallest absolute Gasteiger partial charge is 0.414 e. The molecule has 2 heterocycles. The quantitative estimate of drug-likeness (QED) is 0.192. The Bertz CT molecular complexity index is 1250. The first-order chi connectivity index (χ1) is 18.8. The second kappa shape index (κ2) is 13.7. The van der Waals surface area contributed by atoms with Gasteiger partial charge in [-0.15, -0.1) is 0 Å². The molecule has 208 valence electrons. The second-order valence-corrected chi connectivity index (χ2v) is 17.2. The van der Waals surface area contributed by atoms with Crippen molar-refractivity contribution < 1.29 is 14.3 Å². The van der Waals surface area contributed by atoms with E-state index in [1.54, 1.807) is 12.3 Å². The number of rotatable bonds is 11. The number of hydrogen-bond acceptors (Lipinski definition) is 5. The Labute approximate surface area is 232 Å².